The van der Waals surface area contributed by atoms with Crippen molar-refractivity contribution in [3.63, 3.8) is 0 Å². The first-order valence-electron chi connectivity index (χ1n) is 3.41. The molecule has 0 aliphatic heterocycles. The summed E-state index contributed by atoms with van der Waals surface area (Å²) in [5.74, 6) is -0.271. The van der Waals surface area contributed by atoms with Crippen LogP contribution in [-0.4, -0.2) is 10.9 Å². The van der Waals surface area contributed by atoms with Crippen LogP contribution in [0.1, 0.15) is 0 Å². The fraction of sp³-hybridized carbons (Fsp3) is 0. The summed E-state index contributed by atoms with van der Waals surface area (Å²) in [6.07, 6.45) is 4.44. The Morgan fingerprint density at radius 3 is 2.75 bits per heavy atom. The molecular weight excluding hydrogens is 154 g/mol. The molecule has 1 aromatic rings. The molecule has 4 heteroatoms. The molecule has 0 aliphatic rings. The molecule has 0 saturated carbocycles. The molecule has 1 heterocycles. The lowest BCUT2D eigenvalue weighted by atomic mass is 10.4. The van der Waals surface area contributed by atoms with E-state index in [1.807, 2.05) is 0 Å². The van der Waals surface area contributed by atoms with Crippen molar-refractivity contribution in [2.24, 2.45) is 0 Å². The van der Waals surface area contributed by atoms with Crippen molar-refractivity contribution in [1.82, 2.24) is 10.4 Å². The van der Waals surface area contributed by atoms with Crippen LogP contribution in [0.15, 0.2) is 37.2 Å². The zero-order valence-corrected chi connectivity index (χ0v) is 6.45. The van der Waals surface area contributed by atoms with Gasteiger partial charge in [-0.3, -0.25) is 20.6 Å². The lowest BCUT2D eigenvalue weighted by Crippen LogP contribution is -2.27. The van der Waals surface area contributed by atoms with Crippen LogP contribution in [0, 0.1) is 0 Å². The van der Waals surface area contributed by atoms with Crippen LogP contribution in [0.5, 0.6) is 0 Å². The summed E-state index contributed by atoms with van der Waals surface area (Å²) in [4.78, 5) is 14.5. The second-order valence-electron chi connectivity index (χ2n) is 2.05. The number of hydrazine groups is 1. The molecule has 0 radical (unpaired) electrons. The zero-order valence-electron chi connectivity index (χ0n) is 6.45. The van der Waals surface area contributed by atoms with Gasteiger partial charge in [0, 0.05) is 12.4 Å². The first-order valence-corrected chi connectivity index (χ1v) is 3.41. The van der Waals surface area contributed by atoms with E-state index < -0.39 is 0 Å². The molecular formula is C8H9N3O. The van der Waals surface area contributed by atoms with Gasteiger partial charge >= 0.3 is 0 Å². The molecule has 1 rings (SSSR count). The van der Waals surface area contributed by atoms with Gasteiger partial charge in [0.25, 0.3) is 5.91 Å². The SMILES string of the molecule is C=CC(=O)NNc1ccncc1. The smallest absolute Gasteiger partial charge is 0.261 e. The molecule has 0 bridgehead atoms. The van der Waals surface area contributed by atoms with Crippen LogP contribution < -0.4 is 10.9 Å². The van der Waals surface area contributed by atoms with Crippen molar-refractivity contribution in [3.05, 3.63) is 37.2 Å². The van der Waals surface area contributed by atoms with Crippen LogP contribution in [-0.2, 0) is 4.79 Å². The summed E-state index contributed by atoms with van der Waals surface area (Å²) in [6.45, 7) is 3.31. The van der Waals surface area contributed by atoms with E-state index in [0.717, 1.165) is 5.69 Å². The predicted octanol–water partition coefficient (Wildman–Crippen LogP) is 0.711. The number of nitrogens with zero attached hydrogens (tertiary/aromatic N) is 1. The first-order chi connectivity index (χ1) is 5.83. The maximum absolute atomic E-state index is 10.7. The quantitative estimate of drug-likeness (QED) is 0.509. The van der Waals surface area contributed by atoms with E-state index in [-0.39, 0.29) is 5.91 Å². The largest absolute Gasteiger partial charge is 0.298 e. The molecule has 62 valence electrons. The molecule has 1 amide bonds. The van der Waals surface area contributed by atoms with Gasteiger partial charge < -0.3 is 0 Å². The van der Waals surface area contributed by atoms with Gasteiger partial charge in [-0.25, -0.2) is 0 Å². The molecule has 0 fully saturated rings. The van der Waals surface area contributed by atoms with Crippen LogP contribution in [0.4, 0.5) is 5.69 Å². The van der Waals surface area contributed by atoms with Gasteiger partial charge in [-0.2, -0.15) is 0 Å². The summed E-state index contributed by atoms with van der Waals surface area (Å²) in [7, 11) is 0. The Hall–Kier alpha value is -1.84. The van der Waals surface area contributed by atoms with Crippen molar-refractivity contribution in [1.29, 1.82) is 0 Å². The third kappa shape index (κ3) is 2.42. The Morgan fingerprint density at radius 1 is 1.50 bits per heavy atom. The molecule has 2 N–H and O–H groups in total. The van der Waals surface area contributed by atoms with Crippen LogP contribution >= 0.6 is 0 Å². The number of carbonyl (C=O) groups is 1. The van der Waals surface area contributed by atoms with E-state index in [2.05, 4.69) is 22.4 Å². The number of hydrogen-bond donors (Lipinski definition) is 2. The Bertz CT molecular complexity index is 271. The molecule has 0 aliphatic carbocycles. The highest BCUT2D eigenvalue weighted by Gasteiger charge is 1.91. The van der Waals surface area contributed by atoms with E-state index in [0.29, 0.717) is 0 Å². The number of carbonyl (C=O) groups excluding carboxylic acids is 1. The summed E-state index contributed by atoms with van der Waals surface area (Å²) in [6, 6.07) is 3.48. The number of amides is 1. The van der Waals surface area contributed by atoms with E-state index in [1.54, 1.807) is 24.5 Å². The molecule has 0 aromatic carbocycles. The second kappa shape index (κ2) is 4.12. The fourth-order valence-corrected chi connectivity index (χ4v) is 0.620. The zero-order chi connectivity index (χ0) is 8.81. The maximum atomic E-state index is 10.7. The predicted molar refractivity (Wildman–Crippen MR) is 46.2 cm³/mol. The number of rotatable bonds is 3. The van der Waals surface area contributed by atoms with Crippen molar-refractivity contribution in [2.75, 3.05) is 5.43 Å². The maximum Gasteiger partial charge on any atom is 0.261 e. The van der Waals surface area contributed by atoms with Crippen LogP contribution in [0.2, 0.25) is 0 Å². The molecule has 0 spiro atoms. The minimum atomic E-state index is -0.271. The standard InChI is InChI=1S/C8H9N3O/c1-2-8(12)11-10-7-3-5-9-6-4-7/h2-6H,1H2,(H,9,10)(H,11,12). The van der Waals surface area contributed by atoms with Gasteiger partial charge in [0.2, 0.25) is 0 Å². The highest BCUT2D eigenvalue weighted by molar-refractivity contribution is 5.87. The van der Waals surface area contributed by atoms with Crippen LogP contribution in [0.25, 0.3) is 0 Å². The number of pyridine rings is 1. The highest BCUT2D eigenvalue weighted by atomic mass is 16.2. The monoisotopic (exact) mass is 163 g/mol. The van der Waals surface area contributed by atoms with Crippen molar-refractivity contribution in [2.45, 2.75) is 0 Å². The number of hydrogen-bond acceptors (Lipinski definition) is 3. The van der Waals surface area contributed by atoms with Gasteiger partial charge in [-0.15, -0.1) is 0 Å². The lowest BCUT2D eigenvalue weighted by molar-refractivity contribution is -0.116. The summed E-state index contributed by atoms with van der Waals surface area (Å²) in [5.41, 5.74) is 5.88. The third-order valence-electron chi connectivity index (χ3n) is 1.20. The molecule has 0 saturated heterocycles. The van der Waals surface area contributed by atoms with Gasteiger partial charge in [0.15, 0.2) is 0 Å². The normalized spacial score (nSPS) is 8.67. The van der Waals surface area contributed by atoms with E-state index in [1.165, 1.54) is 6.08 Å². The molecule has 12 heavy (non-hydrogen) atoms. The Morgan fingerprint density at radius 2 is 2.17 bits per heavy atom. The number of aromatic nitrogens is 1. The summed E-state index contributed by atoms with van der Waals surface area (Å²) >= 11 is 0. The molecule has 0 unspecified atom stereocenters. The van der Waals surface area contributed by atoms with Crippen molar-refractivity contribution in [3.8, 4) is 0 Å². The van der Waals surface area contributed by atoms with Gasteiger partial charge in [-0.05, 0) is 18.2 Å². The lowest BCUT2D eigenvalue weighted by Gasteiger charge is -2.04. The van der Waals surface area contributed by atoms with E-state index >= 15 is 0 Å². The Balaban J connectivity index is 2.43. The first kappa shape index (κ1) is 8.26. The Kier molecular flexibility index (Phi) is 2.84. The third-order valence-corrected chi connectivity index (χ3v) is 1.20. The average molecular weight is 163 g/mol. The molecule has 4 nitrogen and oxygen atoms in total. The molecule has 0 atom stereocenters. The summed E-state index contributed by atoms with van der Waals surface area (Å²) in [5, 5.41) is 0. The van der Waals surface area contributed by atoms with Gasteiger partial charge in [0.1, 0.15) is 0 Å². The van der Waals surface area contributed by atoms with Gasteiger partial charge in [-0.1, -0.05) is 6.58 Å². The fourth-order valence-electron chi connectivity index (χ4n) is 0.620. The van der Waals surface area contributed by atoms with Gasteiger partial charge in [0.05, 0.1) is 5.69 Å². The number of anilines is 1. The van der Waals surface area contributed by atoms with Crippen LogP contribution in [0.3, 0.4) is 0 Å². The average Bonchev–Trinajstić information content (AvgIpc) is 2.16. The topological polar surface area (TPSA) is 54.0 Å². The highest BCUT2D eigenvalue weighted by Crippen LogP contribution is 1.99. The van der Waals surface area contributed by atoms with Crippen molar-refractivity contribution >= 4 is 11.6 Å². The van der Waals surface area contributed by atoms with E-state index in [9.17, 15) is 4.79 Å². The number of nitrogens with one attached hydrogen (secondary N) is 2. The second-order valence-corrected chi connectivity index (χ2v) is 2.05. The minimum absolute atomic E-state index is 0.271. The summed E-state index contributed by atoms with van der Waals surface area (Å²) < 4.78 is 0. The minimum Gasteiger partial charge on any atom is -0.298 e. The Labute approximate surface area is 70.3 Å². The van der Waals surface area contributed by atoms with Crippen molar-refractivity contribution < 1.29 is 4.79 Å². The van der Waals surface area contributed by atoms with E-state index in [4.69, 9.17) is 0 Å². The molecule has 1 aromatic heterocycles.